The normalized spacial score (nSPS) is 21.7. The minimum Gasteiger partial charge on any atom is -0.339 e. The topological polar surface area (TPSA) is 66.6 Å². The Morgan fingerprint density at radius 2 is 1.63 bits per heavy atom. The van der Waals surface area contributed by atoms with Crippen molar-refractivity contribution in [2.24, 2.45) is 17.6 Å². The summed E-state index contributed by atoms with van der Waals surface area (Å²) in [5.41, 5.74) is 5.99. The predicted octanol–water partition coefficient (Wildman–Crippen LogP) is 0.441. The lowest BCUT2D eigenvalue weighted by Crippen LogP contribution is -2.52. The van der Waals surface area contributed by atoms with E-state index < -0.39 is 0 Å². The molecule has 5 heteroatoms. The molecule has 2 amide bonds. The van der Waals surface area contributed by atoms with Crippen LogP contribution in [-0.2, 0) is 9.59 Å². The number of rotatable bonds is 4. The van der Waals surface area contributed by atoms with Crippen LogP contribution in [0.1, 0.15) is 33.1 Å². The Kier molecular flexibility index (Phi) is 4.45. The molecule has 2 fully saturated rings. The molecular formula is C14H25N3O2. The first-order chi connectivity index (χ1) is 8.99. The number of carbonyl (C=O) groups is 2. The van der Waals surface area contributed by atoms with E-state index in [9.17, 15) is 9.59 Å². The molecule has 0 bridgehead atoms. The number of amides is 2. The molecule has 1 unspecified atom stereocenters. The van der Waals surface area contributed by atoms with Crippen molar-refractivity contribution in [1.82, 2.24) is 9.80 Å². The molecule has 1 saturated heterocycles. The maximum Gasteiger partial charge on any atom is 0.225 e. The van der Waals surface area contributed by atoms with Gasteiger partial charge in [0.25, 0.3) is 0 Å². The summed E-state index contributed by atoms with van der Waals surface area (Å²) in [7, 11) is 0. The molecule has 0 aromatic carbocycles. The average Bonchev–Trinajstić information content (AvgIpc) is 3.22. The zero-order chi connectivity index (χ0) is 14.0. The van der Waals surface area contributed by atoms with Crippen molar-refractivity contribution >= 4 is 11.8 Å². The minimum absolute atomic E-state index is 0.0304. The summed E-state index contributed by atoms with van der Waals surface area (Å²) in [5.74, 6) is 0.927. The van der Waals surface area contributed by atoms with Gasteiger partial charge in [-0.15, -0.1) is 0 Å². The van der Waals surface area contributed by atoms with Gasteiger partial charge in [0.05, 0.1) is 0 Å². The highest BCUT2D eigenvalue weighted by Crippen LogP contribution is 2.33. The zero-order valence-electron chi connectivity index (χ0n) is 12.0. The molecule has 0 aromatic rings. The van der Waals surface area contributed by atoms with Gasteiger partial charge in [0.2, 0.25) is 11.8 Å². The second-order valence-electron chi connectivity index (χ2n) is 6.07. The van der Waals surface area contributed by atoms with Gasteiger partial charge in [-0.25, -0.2) is 0 Å². The molecule has 1 saturated carbocycles. The number of hydrogen-bond acceptors (Lipinski definition) is 3. The van der Waals surface area contributed by atoms with E-state index in [4.69, 9.17) is 5.73 Å². The van der Waals surface area contributed by atoms with Crippen molar-refractivity contribution < 1.29 is 9.59 Å². The summed E-state index contributed by atoms with van der Waals surface area (Å²) in [4.78, 5) is 27.7. The van der Waals surface area contributed by atoms with Gasteiger partial charge < -0.3 is 15.5 Å². The predicted molar refractivity (Wildman–Crippen MR) is 73.3 cm³/mol. The van der Waals surface area contributed by atoms with Gasteiger partial charge in [0, 0.05) is 44.6 Å². The van der Waals surface area contributed by atoms with Crippen molar-refractivity contribution in [2.45, 2.75) is 39.2 Å². The molecule has 5 nitrogen and oxygen atoms in total. The van der Waals surface area contributed by atoms with E-state index in [1.165, 1.54) is 12.8 Å². The van der Waals surface area contributed by atoms with Gasteiger partial charge in [-0.2, -0.15) is 0 Å². The second-order valence-corrected chi connectivity index (χ2v) is 6.07. The third-order valence-corrected chi connectivity index (χ3v) is 4.08. The number of piperazine rings is 1. The Bertz CT molecular complexity index is 345. The molecule has 108 valence electrons. The third kappa shape index (κ3) is 3.69. The molecule has 19 heavy (non-hydrogen) atoms. The fourth-order valence-corrected chi connectivity index (χ4v) is 2.56. The second kappa shape index (κ2) is 5.90. The summed E-state index contributed by atoms with van der Waals surface area (Å²) in [6.45, 7) is 6.43. The quantitative estimate of drug-likeness (QED) is 0.804. The van der Waals surface area contributed by atoms with Gasteiger partial charge >= 0.3 is 0 Å². The maximum absolute atomic E-state index is 12.1. The molecule has 0 spiro atoms. The van der Waals surface area contributed by atoms with E-state index in [2.05, 4.69) is 0 Å². The van der Waals surface area contributed by atoms with Crippen molar-refractivity contribution in [3.8, 4) is 0 Å². The van der Waals surface area contributed by atoms with E-state index in [-0.39, 0.29) is 23.8 Å². The monoisotopic (exact) mass is 267 g/mol. The van der Waals surface area contributed by atoms with Gasteiger partial charge in [0.15, 0.2) is 0 Å². The number of carbonyl (C=O) groups excluding carboxylic acids is 2. The van der Waals surface area contributed by atoms with Gasteiger partial charge in [0.1, 0.15) is 0 Å². The van der Waals surface area contributed by atoms with E-state index in [1.54, 1.807) is 0 Å². The van der Waals surface area contributed by atoms with E-state index in [0.29, 0.717) is 38.5 Å². The molecule has 1 aliphatic carbocycles. The van der Waals surface area contributed by atoms with Crippen molar-refractivity contribution in [3.63, 3.8) is 0 Å². The Morgan fingerprint density at radius 3 is 2.11 bits per heavy atom. The molecule has 1 atom stereocenters. The summed E-state index contributed by atoms with van der Waals surface area (Å²) in [6.07, 6.45) is 2.80. The molecule has 2 rings (SSSR count). The van der Waals surface area contributed by atoms with Crippen LogP contribution in [-0.4, -0.2) is 53.8 Å². The van der Waals surface area contributed by atoms with Gasteiger partial charge in [-0.1, -0.05) is 13.8 Å². The third-order valence-electron chi connectivity index (χ3n) is 4.08. The average molecular weight is 267 g/mol. The summed E-state index contributed by atoms with van der Waals surface area (Å²) < 4.78 is 0. The molecular weight excluding hydrogens is 242 g/mol. The van der Waals surface area contributed by atoms with Crippen molar-refractivity contribution in [3.05, 3.63) is 0 Å². The van der Waals surface area contributed by atoms with Crippen LogP contribution in [0, 0.1) is 11.8 Å². The Hall–Kier alpha value is -1.10. The lowest BCUT2D eigenvalue weighted by atomic mass is 10.1. The highest BCUT2D eigenvalue weighted by molar-refractivity contribution is 5.79. The highest BCUT2D eigenvalue weighted by Gasteiger charge is 2.32. The molecule has 0 aromatic heterocycles. The van der Waals surface area contributed by atoms with Crippen LogP contribution in [0.25, 0.3) is 0 Å². The van der Waals surface area contributed by atoms with Crippen LogP contribution in [0.15, 0.2) is 0 Å². The maximum atomic E-state index is 12.1. The lowest BCUT2D eigenvalue weighted by Gasteiger charge is -2.36. The van der Waals surface area contributed by atoms with E-state index in [1.807, 2.05) is 23.6 Å². The number of nitrogens with two attached hydrogens (primary N) is 1. The molecule has 2 aliphatic rings. The SMILES string of the molecule is CC(C)C(=O)N1CCN(C(=O)CC(N)C2CC2)CC1. The zero-order valence-corrected chi connectivity index (χ0v) is 12.0. The first kappa shape index (κ1) is 14.3. The van der Waals surface area contributed by atoms with Gasteiger partial charge in [-0.3, -0.25) is 9.59 Å². The number of hydrogen-bond donors (Lipinski definition) is 1. The Balaban J connectivity index is 1.75. The first-order valence-electron chi connectivity index (χ1n) is 7.31. The largest absolute Gasteiger partial charge is 0.339 e. The highest BCUT2D eigenvalue weighted by atomic mass is 16.2. The van der Waals surface area contributed by atoms with Crippen LogP contribution in [0.3, 0.4) is 0 Å². The van der Waals surface area contributed by atoms with Crippen LogP contribution in [0.5, 0.6) is 0 Å². The standard InChI is InChI=1S/C14H25N3O2/c1-10(2)14(19)17-7-5-16(6-8-17)13(18)9-12(15)11-3-4-11/h10-12H,3-9,15H2,1-2H3. The van der Waals surface area contributed by atoms with Crippen LogP contribution in [0.2, 0.25) is 0 Å². The summed E-state index contributed by atoms with van der Waals surface area (Å²) >= 11 is 0. The van der Waals surface area contributed by atoms with E-state index in [0.717, 1.165) is 0 Å². The molecule has 1 aliphatic heterocycles. The number of nitrogens with zero attached hydrogens (tertiary/aromatic N) is 2. The van der Waals surface area contributed by atoms with Crippen LogP contribution >= 0.6 is 0 Å². The summed E-state index contributed by atoms with van der Waals surface area (Å²) in [6, 6.07) is 0.0304. The molecule has 2 N–H and O–H groups in total. The van der Waals surface area contributed by atoms with Crippen LogP contribution < -0.4 is 5.73 Å². The molecule has 1 heterocycles. The fourth-order valence-electron chi connectivity index (χ4n) is 2.56. The Morgan fingerprint density at radius 1 is 1.11 bits per heavy atom. The first-order valence-corrected chi connectivity index (χ1v) is 7.31. The van der Waals surface area contributed by atoms with Crippen molar-refractivity contribution in [2.75, 3.05) is 26.2 Å². The van der Waals surface area contributed by atoms with Gasteiger partial charge in [-0.05, 0) is 18.8 Å². The Labute approximate surface area is 115 Å². The van der Waals surface area contributed by atoms with Crippen LogP contribution in [0.4, 0.5) is 0 Å². The minimum atomic E-state index is 0.0304. The smallest absolute Gasteiger partial charge is 0.225 e. The lowest BCUT2D eigenvalue weighted by molar-refractivity contribution is -0.141. The molecule has 0 radical (unpaired) electrons. The van der Waals surface area contributed by atoms with E-state index >= 15 is 0 Å². The fraction of sp³-hybridized carbons (Fsp3) is 0.857. The van der Waals surface area contributed by atoms with Crippen molar-refractivity contribution in [1.29, 1.82) is 0 Å². The summed E-state index contributed by atoms with van der Waals surface area (Å²) in [5, 5.41) is 0.